The summed E-state index contributed by atoms with van der Waals surface area (Å²) in [5, 5.41) is 3.70. The highest BCUT2D eigenvalue weighted by Crippen LogP contribution is 2.32. The van der Waals surface area contributed by atoms with Gasteiger partial charge < -0.3 is 15.2 Å². The fourth-order valence-electron chi connectivity index (χ4n) is 3.60. The number of piperidine rings is 2. The molecule has 2 aliphatic rings. The highest BCUT2D eigenvalue weighted by molar-refractivity contribution is 5.01. The maximum Gasteiger partial charge on any atom is 0.103 e. The summed E-state index contributed by atoms with van der Waals surface area (Å²) >= 11 is 0. The second kappa shape index (κ2) is 5.02. The average molecular weight is 248 g/mol. The van der Waals surface area contributed by atoms with E-state index in [0.717, 1.165) is 24.5 Å². The molecule has 0 aliphatic carbocycles. The Morgan fingerprint density at radius 2 is 2.11 bits per heavy atom. The maximum absolute atomic E-state index is 4.25. The summed E-state index contributed by atoms with van der Waals surface area (Å²) in [4.78, 5) is 10.1. The van der Waals surface area contributed by atoms with E-state index in [0.29, 0.717) is 6.04 Å². The van der Waals surface area contributed by atoms with Gasteiger partial charge in [0.05, 0.1) is 0 Å². The lowest BCUT2D eigenvalue weighted by Crippen LogP contribution is -2.54. The molecule has 0 spiro atoms. The van der Waals surface area contributed by atoms with Crippen LogP contribution in [0.25, 0.3) is 0 Å². The number of rotatable bonds is 3. The Kier molecular flexibility index (Phi) is 3.39. The Labute approximate surface area is 109 Å². The molecule has 2 N–H and O–H groups in total. The van der Waals surface area contributed by atoms with Gasteiger partial charge in [-0.15, -0.1) is 0 Å². The van der Waals surface area contributed by atoms with E-state index in [1.165, 1.54) is 37.8 Å². The van der Waals surface area contributed by atoms with Crippen LogP contribution in [0.2, 0.25) is 0 Å². The fraction of sp³-hybridized carbons (Fsp3) is 0.786. The predicted octanol–water partition coefficient (Wildman–Crippen LogP) is 1.82. The van der Waals surface area contributed by atoms with E-state index >= 15 is 0 Å². The number of imidazole rings is 1. The minimum atomic E-state index is 0.681. The zero-order valence-electron chi connectivity index (χ0n) is 11.4. The first-order valence-electron chi connectivity index (χ1n) is 7.18. The van der Waals surface area contributed by atoms with Crippen LogP contribution in [0.5, 0.6) is 0 Å². The van der Waals surface area contributed by atoms with Crippen molar-refractivity contribution >= 4 is 0 Å². The zero-order valence-corrected chi connectivity index (χ0v) is 11.4. The molecule has 3 rings (SSSR count). The number of aryl methyl sites for hydroxylation is 1. The van der Waals surface area contributed by atoms with Gasteiger partial charge in [-0.1, -0.05) is 6.42 Å². The molecule has 2 aliphatic heterocycles. The first-order chi connectivity index (χ1) is 8.72. The molecule has 2 bridgehead atoms. The summed E-state index contributed by atoms with van der Waals surface area (Å²) < 4.78 is 0. The van der Waals surface area contributed by atoms with E-state index in [2.05, 4.69) is 27.2 Å². The smallest absolute Gasteiger partial charge is 0.103 e. The predicted molar refractivity (Wildman–Crippen MR) is 72.4 cm³/mol. The van der Waals surface area contributed by atoms with Crippen molar-refractivity contribution in [3.8, 4) is 0 Å². The van der Waals surface area contributed by atoms with Crippen LogP contribution in [0.15, 0.2) is 6.20 Å². The van der Waals surface area contributed by atoms with Crippen molar-refractivity contribution in [3.05, 3.63) is 17.7 Å². The molecule has 4 heteroatoms. The van der Waals surface area contributed by atoms with Gasteiger partial charge in [-0.05, 0) is 39.7 Å². The zero-order chi connectivity index (χ0) is 12.5. The summed E-state index contributed by atoms with van der Waals surface area (Å²) in [6.45, 7) is 2.93. The van der Waals surface area contributed by atoms with Crippen molar-refractivity contribution in [2.45, 2.75) is 63.7 Å². The molecule has 3 heterocycles. The van der Waals surface area contributed by atoms with Gasteiger partial charge in [0.2, 0.25) is 0 Å². The standard InChI is InChI=1S/C14H24N4/c1-10-15-8-12(17-10)9-16-11-6-13-4-3-5-14(7-11)18(13)2/h8,11,13-14,16H,3-7,9H2,1-2H3,(H,15,17). The molecule has 0 amide bonds. The highest BCUT2D eigenvalue weighted by Gasteiger charge is 2.35. The van der Waals surface area contributed by atoms with Crippen molar-refractivity contribution in [1.29, 1.82) is 0 Å². The number of aromatic nitrogens is 2. The van der Waals surface area contributed by atoms with Crippen molar-refractivity contribution in [1.82, 2.24) is 20.2 Å². The molecular formula is C14H24N4. The Morgan fingerprint density at radius 3 is 2.72 bits per heavy atom. The number of fused-ring (bicyclic) bond motifs is 2. The quantitative estimate of drug-likeness (QED) is 0.857. The van der Waals surface area contributed by atoms with Crippen LogP contribution in [-0.2, 0) is 6.54 Å². The van der Waals surface area contributed by atoms with Crippen molar-refractivity contribution in [3.63, 3.8) is 0 Å². The van der Waals surface area contributed by atoms with E-state index in [1.807, 2.05) is 13.1 Å². The van der Waals surface area contributed by atoms with Gasteiger partial charge in [-0.3, -0.25) is 0 Å². The SMILES string of the molecule is Cc1ncc(CNC2CC3CCCC(C2)N3C)[nH]1. The summed E-state index contributed by atoms with van der Waals surface area (Å²) in [7, 11) is 2.31. The normalized spacial score (nSPS) is 32.7. The number of hydrogen-bond donors (Lipinski definition) is 2. The number of nitrogens with one attached hydrogen (secondary N) is 2. The van der Waals surface area contributed by atoms with E-state index < -0.39 is 0 Å². The molecule has 0 saturated carbocycles. The molecule has 1 aromatic heterocycles. The van der Waals surface area contributed by atoms with E-state index in [1.54, 1.807) is 0 Å². The van der Waals surface area contributed by atoms with Crippen LogP contribution < -0.4 is 5.32 Å². The summed E-state index contributed by atoms with van der Waals surface area (Å²) in [5.74, 6) is 1.01. The Hall–Kier alpha value is -0.870. The number of H-pyrrole nitrogens is 1. The molecule has 0 aromatic carbocycles. The van der Waals surface area contributed by atoms with Gasteiger partial charge in [0.15, 0.2) is 0 Å². The molecule has 0 radical (unpaired) electrons. The number of aromatic amines is 1. The second-order valence-corrected chi connectivity index (χ2v) is 5.95. The highest BCUT2D eigenvalue weighted by atomic mass is 15.2. The lowest BCUT2D eigenvalue weighted by Gasteiger charge is -2.47. The van der Waals surface area contributed by atoms with Gasteiger partial charge >= 0.3 is 0 Å². The van der Waals surface area contributed by atoms with E-state index in [-0.39, 0.29) is 0 Å². The first-order valence-corrected chi connectivity index (χ1v) is 7.18. The molecule has 2 atom stereocenters. The molecule has 2 saturated heterocycles. The lowest BCUT2D eigenvalue weighted by atomic mass is 9.82. The third-order valence-electron chi connectivity index (χ3n) is 4.68. The van der Waals surface area contributed by atoms with Crippen LogP contribution in [0.4, 0.5) is 0 Å². The Morgan fingerprint density at radius 1 is 1.39 bits per heavy atom. The topological polar surface area (TPSA) is 44.0 Å². The van der Waals surface area contributed by atoms with Gasteiger partial charge in [-0.2, -0.15) is 0 Å². The van der Waals surface area contributed by atoms with Crippen molar-refractivity contribution in [2.75, 3.05) is 7.05 Å². The molecule has 4 nitrogen and oxygen atoms in total. The summed E-state index contributed by atoms with van der Waals surface area (Å²) in [6, 6.07) is 2.29. The van der Waals surface area contributed by atoms with Crippen LogP contribution in [0, 0.1) is 6.92 Å². The van der Waals surface area contributed by atoms with Crippen LogP contribution in [-0.4, -0.2) is 40.0 Å². The fourth-order valence-corrected chi connectivity index (χ4v) is 3.60. The molecule has 1 aromatic rings. The van der Waals surface area contributed by atoms with Gasteiger partial charge in [-0.25, -0.2) is 4.98 Å². The first kappa shape index (κ1) is 12.2. The average Bonchev–Trinajstić information content (AvgIpc) is 2.73. The van der Waals surface area contributed by atoms with Crippen molar-refractivity contribution in [2.24, 2.45) is 0 Å². The lowest BCUT2D eigenvalue weighted by molar-refractivity contribution is 0.0482. The summed E-state index contributed by atoms with van der Waals surface area (Å²) in [6.07, 6.45) is 8.74. The minimum absolute atomic E-state index is 0.681. The number of hydrogen-bond acceptors (Lipinski definition) is 3. The molecule has 18 heavy (non-hydrogen) atoms. The monoisotopic (exact) mass is 248 g/mol. The van der Waals surface area contributed by atoms with E-state index in [4.69, 9.17) is 0 Å². The maximum atomic E-state index is 4.25. The van der Waals surface area contributed by atoms with Gasteiger partial charge in [0, 0.05) is 36.6 Å². The molecule has 100 valence electrons. The van der Waals surface area contributed by atoms with Crippen molar-refractivity contribution < 1.29 is 0 Å². The van der Waals surface area contributed by atoms with Gasteiger partial charge in [0.1, 0.15) is 5.82 Å². The van der Waals surface area contributed by atoms with Crippen LogP contribution in [0.3, 0.4) is 0 Å². The van der Waals surface area contributed by atoms with Gasteiger partial charge in [0.25, 0.3) is 0 Å². The molecule has 2 unspecified atom stereocenters. The van der Waals surface area contributed by atoms with Crippen LogP contribution in [0.1, 0.15) is 43.6 Å². The second-order valence-electron chi connectivity index (χ2n) is 5.95. The Bertz CT molecular complexity index is 386. The number of nitrogens with zero attached hydrogens (tertiary/aromatic N) is 2. The van der Waals surface area contributed by atoms with E-state index in [9.17, 15) is 0 Å². The largest absolute Gasteiger partial charge is 0.345 e. The molecule has 2 fully saturated rings. The Balaban J connectivity index is 1.55. The van der Waals surface area contributed by atoms with Crippen LogP contribution >= 0.6 is 0 Å². The third-order valence-corrected chi connectivity index (χ3v) is 4.68. The molecular weight excluding hydrogens is 224 g/mol. The minimum Gasteiger partial charge on any atom is -0.345 e. The third kappa shape index (κ3) is 2.45. The summed E-state index contributed by atoms with van der Waals surface area (Å²) in [5.41, 5.74) is 1.21.